The molecule has 0 amide bonds. The molecule has 0 aromatic carbocycles. The molecule has 92 valence electrons. The fraction of sp³-hybridized carbons (Fsp3) is 0.538. The van der Waals surface area contributed by atoms with Gasteiger partial charge in [-0.15, -0.1) is 0 Å². The summed E-state index contributed by atoms with van der Waals surface area (Å²) < 4.78 is 0. The first-order valence-electron chi connectivity index (χ1n) is 5.96. The number of aliphatic hydroxyl groups is 1. The fourth-order valence-electron chi connectivity index (χ4n) is 1.70. The largest absolute Gasteiger partial charge is 0.395 e. The summed E-state index contributed by atoms with van der Waals surface area (Å²) in [7, 11) is 0. The fourth-order valence-corrected chi connectivity index (χ4v) is 1.70. The predicted molar refractivity (Wildman–Crippen MR) is 66.1 cm³/mol. The van der Waals surface area contributed by atoms with Crippen LogP contribution in [0.1, 0.15) is 24.8 Å². The highest BCUT2D eigenvalue weighted by Crippen LogP contribution is 2.05. The Balaban J connectivity index is 2.35. The average molecular weight is 233 g/mol. The molecule has 0 saturated carbocycles. The molecular formula is C13H19N3O. The van der Waals surface area contributed by atoms with Gasteiger partial charge in [0.1, 0.15) is 0 Å². The Kier molecular flexibility index (Phi) is 6.96. The van der Waals surface area contributed by atoms with Crippen molar-refractivity contribution in [3.05, 3.63) is 30.1 Å². The summed E-state index contributed by atoms with van der Waals surface area (Å²) in [6, 6.07) is 6.10. The molecule has 0 fully saturated rings. The first-order valence-corrected chi connectivity index (χ1v) is 5.96. The van der Waals surface area contributed by atoms with Gasteiger partial charge in [-0.1, -0.05) is 6.07 Å². The normalized spacial score (nSPS) is 10.4. The summed E-state index contributed by atoms with van der Waals surface area (Å²) in [6.07, 6.45) is 6.13. The van der Waals surface area contributed by atoms with Crippen molar-refractivity contribution in [2.24, 2.45) is 0 Å². The standard InChI is InChI=1S/C13H19N3O/c14-6-2-1-3-8-16(9-10-17)12-13-5-4-7-15-11-13/h4-5,7,11,17H,1-3,8-10,12H2. The third-order valence-corrected chi connectivity index (χ3v) is 2.56. The predicted octanol–water partition coefficient (Wildman–Crippen LogP) is 1.57. The molecule has 1 N–H and O–H groups in total. The molecule has 17 heavy (non-hydrogen) atoms. The molecule has 0 aliphatic carbocycles. The highest BCUT2D eigenvalue weighted by molar-refractivity contribution is 5.08. The van der Waals surface area contributed by atoms with Gasteiger partial charge in [-0.2, -0.15) is 5.26 Å². The molecule has 1 aromatic heterocycles. The van der Waals surface area contributed by atoms with Crippen LogP contribution in [0.4, 0.5) is 0 Å². The molecule has 4 nitrogen and oxygen atoms in total. The quantitative estimate of drug-likeness (QED) is 0.692. The molecule has 1 heterocycles. The molecule has 0 radical (unpaired) electrons. The number of hydrogen-bond acceptors (Lipinski definition) is 4. The van der Waals surface area contributed by atoms with E-state index in [4.69, 9.17) is 10.4 Å². The summed E-state index contributed by atoms with van der Waals surface area (Å²) in [6.45, 7) is 2.55. The summed E-state index contributed by atoms with van der Waals surface area (Å²) in [5.74, 6) is 0. The van der Waals surface area contributed by atoms with E-state index in [0.717, 1.165) is 31.5 Å². The highest BCUT2D eigenvalue weighted by atomic mass is 16.3. The highest BCUT2D eigenvalue weighted by Gasteiger charge is 2.05. The van der Waals surface area contributed by atoms with Gasteiger partial charge in [0.2, 0.25) is 0 Å². The van der Waals surface area contributed by atoms with Crippen molar-refractivity contribution in [1.29, 1.82) is 5.26 Å². The zero-order valence-electron chi connectivity index (χ0n) is 10.0. The zero-order chi connectivity index (χ0) is 12.3. The second-order valence-corrected chi connectivity index (χ2v) is 3.98. The van der Waals surface area contributed by atoms with Crippen molar-refractivity contribution < 1.29 is 5.11 Å². The Morgan fingerprint density at radius 3 is 2.88 bits per heavy atom. The summed E-state index contributed by atoms with van der Waals surface area (Å²) in [4.78, 5) is 6.26. The van der Waals surface area contributed by atoms with Gasteiger partial charge in [0.05, 0.1) is 12.7 Å². The Morgan fingerprint density at radius 1 is 1.35 bits per heavy atom. The van der Waals surface area contributed by atoms with Crippen molar-refractivity contribution in [3.8, 4) is 6.07 Å². The summed E-state index contributed by atoms with van der Waals surface area (Å²) in [5, 5.41) is 17.5. The SMILES string of the molecule is N#CCCCCN(CCO)Cc1cccnc1. The smallest absolute Gasteiger partial charge is 0.0621 e. The lowest BCUT2D eigenvalue weighted by Crippen LogP contribution is -2.27. The number of pyridine rings is 1. The Labute approximate surface area is 103 Å². The minimum absolute atomic E-state index is 0.165. The van der Waals surface area contributed by atoms with Crippen LogP contribution in [0, 0.1) is 11.3 Å². The van der Waals surface area contributed by atoms with Crippen molar-refractivity contribution in [1.82, 2.24) is 9.88 Å². The lowest BCUT2D eigenvalue weighted by molar-refractivity contribution is 0.188. The minimum atomic E-state index is 0.165. The van der Waals surface area contributed by atoms with E-state index >= 15 is 0 Å². The van der Waals surface area contributed by atoms with Gasteiger partial charge >= 0.3 is 0 Å². The van der Waals surface area contributed by atoms with Gasteiger partial charge < -0.3 is 5.11 Å². The number of aliphatic hydroxyl groups excluding tert-OH is 1. The van der Waals surface area contributed by atoms with Crippen molar-refractivity contribution in [2.45, 2.75) is 25.8 Å². The van der Waals surface area contributed by atoms with E-state index in [-0.39, 0.29) is 6.61 Å². The van der Waals surface area contributed by atoms with Crippen LogP contribution in [0.25, 0.3) is 0 Å². The Bertz CT molecular complexity index is 334. The van der Waals surface area contributed by atoms with E-state index in [1.807, 2.05) is 18.3 Å². The number of nitriles is 1. The summed E-state index contributed by atoms with van der Waals surface area (Å²) >= 11 is 0. The van der Waals surface area contributed by atoms with Crippen molar-refractivity contribution in [3.63, 3.8) is 0 Å². The van der Waals surface area contributed by atoms with Gasteiger partial charge in [0.25, 0.3) is 0 Å². The van der Waals surface area contributed by atoms with E-state index in [2.05, 4.69) is 16.0 Å². The van der Waals surface area contributed by atoms with Crippen LogP contribution in [0.15, 0.2) is 24.5 Å². The first-order chi connectivity index (χ1) is 8.36. The third-order valence-electron chi connectivity index (χ3n) is 2.56. The number of aromatic nitrogens is 1. The van der Waals surface area contributed by atoms with Crippen molar-refractivity contribution in [2.75, 3.05) is 19.7 Å². The molecule has 1 rings (SSSR count). The molecule has 0 bridgehead atoms. The second-order valence-electron chi connectivity index (χ2n) is 3.98. The molecular weight excluding hydrogens is 214 g/mol. The molecule has 1 aromatic rings. The van der Waals surface area contributed by atoms with E-state index < -0.39 is 0 Å². The maximum Gasteiger partial charge on any atom is 0.0621 e. The van der Waals surface area contributed by atoms with Gasteiger partial charge in [-0.05, 0) is 31.0 Å². The molecule has 0 unspecified atom stereocenters. The first kappa shape index (κ1) is 13.6. The van der Waals surface area contributed by atoms with E-state index in [0.29, 0.717) is 13.0 Å². The zero-order valence-corrected chi connectivity index (χ0v) is 10.0. The topological polar surface area (TPSA) is 60.2 Å². The monoisotopic (exact) mass is 233 g/mol. The van der Waals surface area contributed by atoms with Crippen LogP contribution in [0.3, 0.4) is 0 Å². The van der Waals surface area contributed by atoms with E-state index in [1.165, 1.54) is 0 Å². The number of nitrogens with zero attached hydrogens (tertiary/aromatic N) is 3. The lowest BCUT2D eigenvalue weighted by Gasteiger charge is -2.20. The number of hydrogen-bond donors (Lipinski definition) is 1. The number of rotatable bonds is 8. The van der Waals surface area contributed by atoms with Gasteiger partial charge in [0, 0.05) is 31.9 Å². The molecule has 4 heteroatoms. The molecule has 0 saturated heterocycles. The van der Waals surface area contributed by atoms with Crippen LogP contribution in [-0.4, -0.2) is 34.7 Å². The second kappa shape index (κ2) is 8.68. The molecule has 0 spiro atoms. The summed E-state index contributed by atoms with van der Waals surface area (Å²) in [5.41, 5.74) is 1.15. The molecule has 0 atom stereocenters. The van der Waals surface area contributed by atoms with Gasteiger partial charge in [-0.25, -0.2) is 0 Å². The van der Waals surface area contributed by atoms with Crippen LogP contribution in [0.2, 0.25) is 0 Å². The van der Waals surface area contributed by atoms with Crippen LogP contribution in [0.5, 0.6) is 0 Å². The lowest BCUT2D eigenvalue weighted by atomic mass is 10.2. The van der Waals surface area contributed by atoms with Crippen LogP contribution >= 0.6 is 0 Å². The molecule has 0 aliphatic heterocycles. The molecule has 0 aliphatic rings. The minimum Gasteiger partial charge on any atom is -0.395 e. The maximum absolute atomic E-state index is 9.01. The van der Waals surface area contributed by atoms with Crippen LogP contribution < -0.4 is 0 Å². The third kappa shape index (κ3) is 6.00. The van der Waals surface area contributed by atoms with Gasteiger partial charge in [-0.3, -0.25) is 9.88 Å². The van der Waals surface area contributed by atoms with E-state index in [1.54, 1.807) is 6.20 Å². The maximum atomic E-state index is 9.01. The number of unbranched alkanes of at least 4 members (excludes halogenated alkanes) is 2. The van der Waals surface area contributed by atoms with Gasteiger partial charge in [0.15, 0.2) is 0 Å². The van der Waals surface area contributed by atoms with Crippen molar-refractivity contribution >= 4 is 0 Å². The van der Waals surface area contributed by atoms with E-state index in [9.17, 15) is 0 Å². The Hall–Kier alpha value is -1.44. The van der Waals surface area contributed by atoms with Crippen LogP contribution in [-0.2, 0) is 6.54 Å². The Morgan fingerprint density at radius 2 is 2.24 bits per heavy atom. The average Bonchev–Trinajstić information content (AvgIpc) is 2.36.